The monoisotopic (exact) mass is 476 g/mol. The Morgan fingerprint density at radius 3 is 2.60 bits per heavy atom. The smallest absolute Gasteiger partial charge is 0.263 e. The Hall–Kier alpha value is -3.46. The molecule has 1 saturated heterocycles. The van der Waals surface area contributed by atoms with Crippen molar-refractivity contribution in [3.05, 3.63) is 47.2 Å². The van der Waals surface area contributed by atoms with Crippen LogP contribution in [0.3, 0.4) is 0 Å². The largest absolute Gasteiger partial charge is 0.438 e. The van der Waals surface area contributed by atoms with Crippen molar-refractivity contribution in [2.24, 2.45) is 7.05 Å². The van der Waals surface area contributed by atoms with E-state index in [0.717, 1.165) is 53.8 Å². The van der Waals surface area contributed by atoms with E-state index in [1.165, 1.54) is 18.9 Å². The van der Waals surface area contributed by atoms with E-state index in [9.17, 15) is 4.79 Å². The molecule has 182 valence electrons. The van der Waals surface area contributed by atoms with Crippen LogP contribution in [0.1, 0.15) is 47.4 Å². The van der Waals surface area contributed by atoms with E-state index in [1.807, 2.05) is 26.1 Å². The molecule has 1 aliphatic heterocycles. The topological polar surface area (TPSA) is 88.2 Å². The molecular formula is C26H29FN6O2. The molecule has 0 atom stereocenters. The van der Waals surface area contributed by atoms with Gasteiger partial charge in [0.05, 0.1) is 11.4 Å². The standard InChI is InChI=1S/C26H29FN6O2/c1-14-10-16-11-22(35-25(16)15(2)28-14)30-26(34)23-20(27)12-21(19-13-32(3)31-24(19)23)33-8-6-18(7-9-33)29-17-4-5-17/h10-13,17-18,29H,4-9H2,1-3H3,(H,30,34). The molecular weight excluding hydrogens is 447 g/mol. The first-order valence-electron chi connectivity index (χ1n) is 12.2. The Balaban J connectivity index is 1.29. The Morgan fingerprint density at radius 2 is 1.86 bits per heavy atom. The van der Waals surface area contributed by atoms with E-state index >= 15 is 4.39 Å². The van der Waals surface area contributed by atoms with Gasteiger partial charge in [0, 0.05) is 61.0 Å². The number of piperidine rings is 1. The Bertz CT molecular complexity index is 1450. The number of carbonyl (C=O) groups excluding carboxylic acids is 1. The number of rotatable bonds is 5. The van der Waals surface area contributed by atoms with Gasteiger partial charge in [-0.2, -0.15) is 5.10 Å². The van der Waals surface area contributed by atoms with Crippen molar-refractivity contribution in [2.75, 3.05) is 23.3 Å². The van der Waals surface area contributed by atoms with Crippen LogP contribution in [0.4, 0.5) is 16.0 Å². The SMILES string of the molecule is Cc1cc2cc(NC(=O)c3c(F)cc(N4CCC(NC5CC5)CC4)c4cn(C)nc34)oc2c(C)n1. The summed E-state index contributed by atoms with van der Waals surface area (Å²) in [7, 11) is 1.78. The zero-order valence-electron chi connectivity index (χ0n) is 20.2. The van der Waals surface area contributed by atoms with Crippen LogP contribution in [-0.4, -0.2) is 45.8 Å². The van der Waals surface area contributed by atoms with Crippen LogP contribution in [0.25, 0.3) is 21.9 Å². The third-order valence-corrected chi connectivity index (χ3v) is 6.99. The van der Waals surface area contributed by atoms with Gasteiger partial charge in [0.1, 0.15) is 16.9 Å². The molecule has 0 unspecified atom stereocenters. The van der Waals surface area contributed by atoms with Crippen LogP contribution >= 0.6 is 0 Å². The highest BCUT2D eigenvalue weighted by Crippen LogP contribution is 2.34. The van der Waals surface area contributed by atoms with E-state index in [1.54, 1.807) is 17.8 Å². The molecule has 35 heavy (non-hydrogen) atoms. The maximum absolute atomic E-state index is 15.5. The van der Waals surface area contributed by atoms with Gasteiger partial charge >= 0.3 is 0 Å². The minimum absolute atomic E-state index is 0.0823. The number of halogens is 1. The summed E-state index contributed by atoms with van der Waals surface area (Å²) >= 11 is 0. The highest BCUT2D eigenvalue weighted by atomic mass is 19.1. The van der Waals surface area contributed by atoms with Gasteiger partial charge in [-0.15, -0.1) is 0 Å². The zero-order chi connectivity index (χ0) is 24.3. The van der Waals surface area contributed by atoms with Crippen LogP contribution in [0.15, 0.2) is 28.8 Å². The van der Waals surface area contributed by atoms with Crippen molar-refractivity contribution in [2.45, 2.75) is 51.6 Å². The van der Waals surface area contributed by atoms with Crippen molar-refractivity contribution in [3.63, 3.8) is 0 Å². The maximum Gasteiger partial charge on any atom is 0.263 e. The van der Waals surface area contributed by atoms with Gasteiger partial charge in [-0.1, -0.05) is 0 Å². The number of aryl methyl sites for hydroxylation is 3. The number of nitrogens with one attached hydrogen (secondary N) is 2. The summed E-state index contributed by atoms with van der Waals surface area (Å²) in [6, 6.07) is 6.30. The number of furan rings is 1. The first-order valence-corrected chi connectivity index (χ1v) is 12.2. The number of hydrogen-bond acceptors (Lipinski definition) is 6. The lowest BCUT2D eigenvalue weighted by atomic mass is 10.0. The molecule has 8 nitrogen and oxygen atoms in total. The summed E-state index contributed by atoms with van der Waals surface area (Å²) in [5.74, 6) is -0.934. The summed E-state index contributed by atoms with van der Waals surface area (Å²) in [6.45, 7) is 5.43. The molecule has 4 aromatic rings. The van der Waals surface area contributed by atoms with Gasteiger partial charge in [-0.25, -0.2) is 4.39 Å². The number of carbonyl (C=O) groups is 1. The fraction of sp³-hybridized carbons (Fsp3) is 0.423. The number of amides is 1. The van der Waals surface area contributed by atoms with Crippen molar-refractivity contribution < 1.29 is 13.6 Å². The van der Waals surface area contributed by atoms with Crippen molar-refractivity contribution in [1.29, 1.82) is 0 Å². The number of anilines is 2. The molecule has 9 heteroatoms. The number of pyridine rings is 1. The molecule has 2 fully saturated rings. The van der Waals surface area contributed by atoms with Gasteiger partial charge in [0.2, 0.25) is 5.88 Å². The summed E-state index contributed by atoms with van der Waals surface area (Å²) in [5, 5.41) is 12.5. The van der Waals surface area contributed by atoms with Crippen molar-refractivity contribution in [1.82, 2.24) is 20.1 Å². The number of benzene rings is 1. The fourth-order valence-electron chi connectivity index (χ4n) is 5.20. The molecule has 2 N–H and O–H groups in total. The van der Waals surface area contributed by atoms with Crippen LogP contribution in [0.2, 0.25) is 0 Å². The van der Waals surface area contributed by atoms with Gasteiger partial charge in [0.15, 0.2) is 5.58 Å². The van der Waals surface area contributed by atoms with E-state index < -0.39 is 11.7 Å². The molecule has 1 saturated carbocycles. The first kappa shape index (κ1) is 22.0. The Morgan fingerprint density at radius 1 is 1.11 bits per heavy atom. The molecule has 1 aromatic carbocycles. The first-order chi connectivity index (χ1) is 16.9. The quantitative estimate of drug-likeness (QED) is 0.443. The van der Waals surface area contributed by atoms with Gasteiger partial charge < -0.3 is 14.6 Å². The van der Waals surface area contributed by atoms with Crippen LogP contribution in [0, 0.1) is 19.7 Å². The van der Waals surface area contributed by atoms with Gasteiger partial charge in [-0.3, -0.25) is 19.8 Å². The highest BCUT2D eigenvalue weighted by molar-refractivity contribution is 6.14. The second-order valence-corrected chi connectivity index (χ2v) is 9.85. The highest BCUT2D eigenvalue weighted by Gasteiger charge is 2.29. The Kier molecular flexibility index (Phi) is 5.25. The van der Waals surface area contributed by atoms with Crippen molar-refractivity contribution >= 4 is 39.4 Å². The third-order valence-electron chi connectivity index (χ3n) is 6.99. The average molecular weight is 477 g/mol. The predicted octanol–water partition coefficient (Wildman–Crippen LogP) is 4.44. The third kappa shape index (κ3) is 4.14. The number of aromatic nitrogens is 3. The van der Waals surface area contributed by atoms with Crippen LogP contribution < -0.4 is 15.5 Å². The number of fused-ring (bicyclic) bond motifs is 2. The molecule has 1 aliphatic carbocycles. The Labute approximate surface area is 202 Å². The van der Waals surface area contributed by atoms with E-state index in [4.69, 9.17) is 4.42 Å². The summed E-state index contributed by atoms with van der Waals surface area (Å²) in [4.78, 5) is 19.8. The molecule has 6 rings (SSSR count). The number of hydrogen-bond donors (Lipinski definition) is 2. The molecule has 2 aliphatic rings. The van der Waals surface area contributed by atoms with E-state index in [2.05, 4.69) is 25.6 Å². The lowest BCUT2D eigenvalue weighted by molar-refractivity contribution is 0.102. The second kappa shape index (κ2) is 8.34. The predicted molar refractivity (Wildman–Crippen MR) is 134 cm³/mol. The lowest BCUT2D eigenvalue weighted by Crippen LogP contribution is -2.43. The lowest BCUT2D eigenvalue weighted by Gasteiger charge is -2.34. The van der Waals surface area contributed by atoms with Gasteiger partial charge in [-0.05, 0) is 51.7 Å². The second-order valence-electron chi connectivity index (χ2n) is 9.85. The summed E-state index contributed by atoms with van der Waals surface area (Å²) < 4.78 is 22.9. The number of nitrogens with zero attached hydrogens (tertiary/aromatic N) is 4. The molecule has 0 spiro atoms. The van der Waals surface area contributed by atoms with Crippen molar-refractivity contribution in [3.8, 4) is 0 Å². The minimum Gasteiger partial charge on any atom is -0.438 e. The maximum atomic E-state index is 15.5. The fourth-order valence-corrected chi connectivity index (χ4v) is 5.20. The normalized spacial score (nSPS) is 17.0. The zero-order valence-corrected chi connectivity index (χ0v) is 20.2. The molecule has 1 amide bonds. The molecule has 3 aromatic heterocycles. The van der Waals surface area contributed by atoms with Gasteiger partial charge in [0.25, 0.3) is 5.91 Å². The average Bonchev–Trinajstić information content (AvgIpc) is 3.39. The van der Waals surface area contributed by atoms with E-state index in [0.29, 0.717) is 23.2 Å². The molecule has 4 heterocycles. The molecule has 0 bridgehead atoms. The van der Waals surface area contributed by atoms with E-state index in [-0.39, 0.29) is 11.4 Å². The van der Waals surface area contributed by atoms with Crippen LogP contribution in [0.5, 0.6) is 0 Å². The summed E-state index contributed by atoms with van der Waals surface area (Å²) in [5.41, 5.74) is 3.25. The minimum atomic E-state index is -0.591. The van der Waals surface area contributed by atoms with Crippen LogP contribution in [-0.2, 0) is 7.05 Å². The molecule has 0 radical (unpaired) electrons. The summed E-state index contributed by atoms with van der Waals surface area (Å²) in [6.07, 6.45) is 6.43.